The standard InChI is InChI=1S/C53H49B2N3/c1-51(2,3)34-20-22-38-40-27-36(53(7,8)9)30-44-49(40)58-50-39(37-17-13-14-18-41(37)55(58)42(38)28-34)23-25-46-48(50)54(44)43-29-35(52(4,5)6)21-24-45(43)57(46)47-26-19-33(31-56-47)32-15-11-10-12-16-32/h10-31H,1-9H3. The summed E-state index contributed by atoms with van der Waals surface area (Å²) in [5.74, 6) is 0.931. The first kappa shape index (κ1) is 35.4. The van der Waals surface area contributed by atoms with E-state index in [0.29, 0.717) is 0 Å². The molecule has 4 aliphatic rings. The summed E-state index contributed by atoms with van der Waals surface area (Å²) in [6.45, 7) is 21.2. The van der Waals surface area contributed by atoms with Crippen LogP contribution in [-0.4, -0.2) is 18.5 Å². The Bertz CT molecular complexity index is 2860. The van der Waals surface area contributed by atoms with Crippen LogP contribution in [0.1, 0.15) is 79.0 Å². The van der Waals surface area contributed by atoms with Crippen molar-refractivity contribution in [3.63, 3.8) is 0 Å². The minimum Gasteiger partial charge on any atom is -0.377 e. The Morgan fingerprint density at radius 2 is 1.07 bits per heavy atom. The first-order chi connectivity index (χ1) is 27.7. The maximum absolute atomic E-state index is 5.26. The van der Waals surface area contributed by atoms with E-state index >= 15 is 0 Å². The molecule has 0 aliphatic carbocycles. The van der Waals surface area contributed by atoms with Crippen molar-refractivity contribution < 1.29 is 0 Å². The molecule has 58 heavy (non-hydrogen) atoms. The molecule has 0 radical (unpaired) electrons. The second kappa shape index (κ2) is 11.9. The van der Waals surface area contributed by atoms with Crippen LogP contribution in [-0.2, 0) is 16.2 Å². The topological polar surface area (TPSA) is 19.4 Å². The third-order valence-electron chi connectivity index (χ3n) is 13.4. The van der Waals surface area contributed by atoms with Crippen LogP contribution in [0.15, 0.2) is 134 Å². The third kappa shape index (κ3) is 4.98. The van der Waals surface area contributed by atoms with Crippen molar-refractivity contribution >= 4 is 69.4 Å². The highest BCUT2D eigenvalue weighted by molar-refractivity contribution is 7.03. The maximum Gasteiger partial charge on any atom is 0.329 e. The van der Waals surface area contributed by atoms with Crippen molar-refractivity contribution in [2.45, 2.75) is 78.6 Å². The van der Waals surface area contributed by atoms with Crippen molar-refractivity contribution in [3.05, 3.63) is 150 Å². The zero-order chi connectivity index (χ0) is 40.0. The van der Waals surface area contributed by atoms with E-state index in [1.807, 2.05) is 6.20 Å². The number of benzene rings is 6. The van der Waals surface area contributed by atoms with Crippen LogP contribution in [0.3, 0.4) is 0 Å². The summed E-state index contributed by atoms with van der Waals surface area (Å²) in [6, 6.07) is 48.7. The van der Waals surface area contributed by atoms with Crippen LogP contribution in [0.5, 0.6) is 0 Å². The van der Waals surface area contributed by atoms with Crippen LogP contribution in [0, 0.1) is 0 Å². The number of hydrogen-bond acceptors (Lipinski definition) is 3. The normalized spacial score (nSPS) is 14.5. The first-order valence-electron chi connectivity index (χ1n) is 21.0. The number of hydrogen-bond donors (Lipinski definition) is 0. The Morgan fingerprint density at radius 3 is 1.78 bits per heavy atom. The summed E-state index contributed by atoms with van der Waals surface area (Å²) < 4.78 is 0. The molecule has 3 nitrogen and oxygen atoms in total. The van der Waals surface area contributed by atoms with Crippen LogP contribution < -0.4 is 37.0 Å². The molecule has 0 atom stereocenters. The quantitative estimate of drug-likeness (QED) is 0.164. The molecule has 11 rings (SSSR count). The minimum absolute atomic E-state index is 0.0179. The van der Waals surface area contributed by atoms with Crippen molar-refractivity contribution in [2.24, 2.45) is 0 Å². The van der Waals surface area contributed by atoms with Crippen LogP contribution in [0.4, 0.5) is 28.6 Å². The van der Waals surface area contributed by atoms with Gasteiger partial charge >= 0.3 is 6.85 Å². The molecule has 0 spiro atoms. The minimum atomic E-state index is -0.0471. The molecule has 0 N–H and O–H groups in total. The van der Waals surface area contributed by atoms with E-state index in [1.165, 1.54) is 94.6 Å². The van der Waals surface area contributed by atoms with Gasteiger partial charge in [-0.25, -0.2) is 4.98 Å². The average Bonchev–Trinajstić information content (AvgIpc) is 3.21. The van der Waals surface area contributed by atoms with Crippen LogP contribution >= 0.6 is 0 Å². The van der Waals surface area contributed by atoms with Gasteiger partial charge in [-0.05, 0) is 107 Å². The van der Waals surface area contributed by atoms with Gasteiger partial charge in [-0.15, -0.1) is 0 Å². The maximum atomic E-state index is 5.26. The fraction of sp³-hybridized carbons (Fsp3) is 0.226. The lowest BCUT2D eigenvalue weighted by Gasteiger charge is -2.52. The van der Waals surface area contributed by atoms with Gasteiger partial charge in [0.15, 0.2) is 0 Å². The third-order valence-corrected chi connectivity index (χ3v) is 13.4. The molecular formula is C53H49B2N3. The molecule has 4 aliphatic heterocycles. The second-order valence-electron chi connectivity index (χ2n) is 20.1. The van der Waals surface area contributed by atoms with E-state index in [4.69, 9.17) is 4.98 Å². The lowest BCUT2D eigenvalue weighted by molar-refractivity contribution is 0.590. The van der Waals surface area contributed by atoms with Crippen molar-refractivity contribution in [2.75, 3.05) is 9.71 Å². The second-order valence-corrected chi connectivity index (χ2v) is 20.1. The summed E-state index contributed by atoms with van der Waals surface area (Å²) >= 11 is 0. The van der Waals surface area contributed by atoms with E-state index in [0.717, 1.165) is 11.4 Å². The predicted molar refractivity (Wildman–Crippen MR) is 250 cm³/mol. The molecule has 0 fully saturated rings. The summed E-state index contributed by atoms with van der Waals surface area (Å²) in [5.41, 5.74) is 23.7. The number of aromatic nitrogens is 1. The van der Waals surface area contributed by atoms with Crippen molar-refractivity contribution in [1.82, 2.24) is 4.98 Å². The molecule has 7 aromatic rings. The molecule has 282 valence electrons. The Morgan fingerprint density at radius 1 is 0.448 bits per heavy atom. The molecule has 5 heteroatoms. The van der Waals surface area contributed by atoms with E-state index < -0.39 is 0 Å². The highest BCUT2D eigenvalue weighted by Gasteiger charge is 2.52. The Balaban J connectivity index is 1.27. The molecule has 1 aromatic heterocycles. The van der Waals surface area contributed by atoms with Crippen molar-refractivity contribution in [3.8, 4) is 33.4 Å². The largest absolute Gasteiger partial charge is 0.377 e. The monoisotopic (exact) mass is 749 g/mol. The van der Waals surface area contributed by atoms with E-state index in [9.17, 15) is 0 Å². The summed E-state index contributed by atoms with van der Waals surface area (Å²) in [7, 11) is 0. The molecule has 0 saturated heterocycles. The van der Waals surface area contributed by atoms with Gasteiger partial charge in [0.1, 0.15) is 5.82 Å². The first-order valence-corrected chi connectivity index (χ1v) is 21.0. The number of anilines is 5. The van der Waals surface area contributed by atoms with Gasteiger partial charge in [-0.1, -0.05) is 159 Å². The summed E-state index contributed by atoms with van der Waals surface area (Å²) in [6.07, 6.45) is 2.04. The fourth-order valence-corrected chi connectivity index (χ4v) is 10.3. The van der Waals surface area contributed by atoms with Gasteiger partial charge in [0.2, 0.25) is 0 Å². The smallest absolute Gasteiger partial charge is 0.329 e. The fourth-order valence-electron chi connectivity index (χ4n) is 10.3. The molecule has 5 heterocycles. The lowest BCUT2D eigenvalue weighted by Crippen LogP contribution is -2.69. The Hall–Kier alpha value is -5.80. The number of rotatable bonds is 2. The zero-order valence-corrected chi connectivity index (χ0v) is 35.2. The van der Waals surface area contributed by atoms with E-state index in [1.54, 1.807) is 0 Å². The molecule has 0 saturated carbocycles. The Kier molecular flexibility index (Phi) is 7.25. The number of fused-ring (bicyclic) bond motifs is 9. The van der Waals surface area contributed by atoms with Crippen LogP contribution in [0.2, 0.25) is 0 Å². The molecule has 6 aromatic carbocycles. The molecule has 0 bridgehead atoms. The zero-order valence-electron chi connectivity index (χ0n) is 35.2. The van der Waals surface area contributed by atoms with Gasteiger partial charge in [-0.2, -0.15) is 0 Å². The van der Waals surface area contributed by atoms with Gasteiger partial charge in [0.25, 0.3) is 6.71 Å². The van der Waals surface area contributed by atoms with Gasteiger partial charge in [0, 0.05) is 45.6 Å². The molecule has 0 unspecified atom stereocenters. The van der Waals surface area contributed by atoms with Gasteiger partial charge in [0.05, 0.1) is 0 Å². The number of nitrogens with zero attached hydrogens (tertiary/aromatic N) is 3. The average molecular weight is 750 g/mol. The van der Waals surface area contributed by atoms with Crippen molar-refractivity contribution in [1.29, 1.82) is 0 Å². The summed E-state index contributed by atoms with van der Waals surface area (Å²) in [4.78, 5) is 10.5. The number of pyridine rings is 1. The van der Waals surface area contributed by atoms with E-state index in [-0.39, 0.29) is 29.8 Å². The SMILES string of the molecule is CC(C)(C)c1ccc2c(c1)B1c3ccccc3-c3ccc4c5c3N1c1c(cc(C(C)(C)C)cc1-2)B5c1cc(C(C)(C)C)ccc1N4c1ccc(-c2ccccc2)cn1. The highest BCUT2D eigenvalue weighted by Crippen LogP contribution is 2.51. The summed E-state index contributed by atoms with van der Waals surface area (Å²) in [5, 5.41) is 0. The molecular weight excluding hydrogens is 700 g/mol. The van der Waals surface area contributed by atoms with E-state index in [2.05, 4.69) is 199 Å². The Labute approximate surface area is 345 Å². The lowest BCUT2D eigenvalue weighted by atomic mass is 9.30. The van der Waals surface area contributed by atoms with Crippen LogP contribution in [0.25, 0.3) is 33.4 Å². The molecule has 0 amide bonds. The highest BCUT2D eigenvalue weighted by atomic mass is 15.2. The van der Waals surface area contributed by atoms with Gasteiger partial charge < -0.3 is 4.81 Å². The predicted octanol–water partition coefficient (Wildman–Crippen LogP) is 10.2. The van der Waals surface area contributed by atoms with Gasteiger partial charge in [-0.3, -0.25) is 4.90 Å².